The quantitative estimate of drug-likeness (QED) is 0.327. The highest BCUT2D eigenvalue weighted by molar-refractivity contribution is 5.25. The van der Waals surface area contributed by atoms with Gasteiger partial charge in [-0.05, 0) is 35.2 Å². The second-order valence-electron chi connectivity index (χ2n) is 7.42. The zero-order valence-electron chi connectivity index (χ0n) is 17.8. The summed E-state index contributed by atoms with van der Waals surface area (Å²) in [6.45, 7) is 5.33. The van der Waals surface area contributed by atoms with Crippen molar-refractivity contribution in [3.05, 3.63) is 144 Å². The Morgan fingerprint density at radius 2 is 0.733 bits per heavy atom. The predicted octanol–water partition coefficient (Wildman–Crippen LogP) is 6.99. The summed E-state index contributed by atoms with van der Waals surface area (Å²) in [4.78, 5) is 2.45. The number of nitrogens with zero attached hydrogens (tertiary/aromatic N) is 1. The minimum atomic E-state index is 1.02. The number of hydrogen-bond donors (Lipinski definition) is 0. The molecule has 1 nitrogen and oxygen atoms in total. The van der Waals surface area contributed by atoms with Crippen molar-refractivity contribution in [3.63, 3.8) is 0 Å². The van der Waals surface area contributed by atoms with Gasteiger partial charge in [-0.3, -0.25) is 4.90 Å². The van der Waals surface area contributed by atoms with Crippen LogP contribution in [-0.4, -0.2) is 11.4 Å². The van der Waals surface area contributed by atoms with Crippen LogP contribution >= 0.6 is 0 Å². The molecule has 0 unspecified atom stereocenters. The Balaban J connectivity index is 0.000000177. The molecule has 0 spiro atoms. The van der Waals surface area contributed by atoms with Crippen molar-refractivity contribution in [2.75, 3.05) is 6.54 Å². The van der Waals surface area contributed by atoms with Crippen LogP contribution in [0.15, 0.2) is 121 Å². The van der Waals surface area contributed by atoms with E-state index in [1.807, 2.05) is 0 Å². The van der Waals surface area contributed by atoms with Crippen LogP contribution in [0.1, 0.15) is 29.2 Å². The molecular formula is C29H31N. The van der Waals surface area contributed by atoms with Crippen LogP contribution in [0.25, 0.3) is 0 Å². The second kappa shape index (κ2) is 12.4. The maximum absolute atomic E-state index is 2.45. The number of rotatable bonds is 7. The summed E-state index contributed by atoms with van der Waals surface area (Å²) in [5.41, 5.74) is 5.50. The summed E-state index contributed by atoms with van der Waals surface area (Å²) in [7, 11) is 0. The SMILES string of the molecule is CCN(Cc1ccccc1)Cc1ccccc1.c1ccc(Cc2ccccc2)cc1. The highest BCUT2D eigenvalue weighted by atomic mass is 15.1. The van der Waals surface area contributed by atoms with Crippen LogP contribution in [0.5, 0.6) is 0 Å². The van der Waals surface area contributed by atoms with E-state index in [4.69, 9.17) is 0 Å². The van der Waals surface area contributed by atoms with Gasteiger partial charge < -0.3 is 0 Å². The number of benzene rings is 4. The van der Waals surface area contributed by atoms with Crippen LogP contribution in [0.4, 0.5) is 0 Å². The normalized spacial score (nSPS) is 10.3. The summed E-state index contributed by atoms with van der Waals surface area (Å²) in [5.74, 6) is 0. The fourth-order valence-electron chi connectivity index (χ4n) is 3.39. The molecule has 0 aliphatic carbocycles. The zero-order valence-corrected chi connectivity index (χ0v) is 17.8. The van der Waals surface area contributed by atoms with Crippen LogP contribution in [0.2, 0.25) is 0 Å². The van der Waals surface area contributed by atoms with E-state index in [0.29, 0.717) is 0 Å². The van der Waals surface area contributed by atoms with E-state index in [1.54, 1.807) is 0 Å². The first-order chi connectivity index (χ1) is 14.8. The van der Waals surface area contributed by atoms with Crippen molar-refractivity contribution < 1.29 is 0 Å². The van der Waals surface area contributed by atoms with Gasteiger partial charge in [-0.1, -0.05) is 128 Å². The maximum Gasteiger partial charge on any atom is 0.0237 e. The molecule has 0 saturated carbocycles. The summed E-state index contributed by atoms with van der Waals surface area (Å²) in [5, 5.41) is 0. The molecule has 0 aliphatic heterocycles. The molecule has 0 aromatic heterocycles. The fourth-order valence-corrected chi connectivity index (χ4v) is 3.39. The molecule has 152 valence electrons. The number of hydrogen-bond acceptors (Lipinski definition) is 1. The van der Waals surface area contributed by atoms with Crippen molar-refractivity contribution in [1.29, 1.82) is 0 Å². The van der Waals surface area contributed by atoms with E-state index in [9.17, 15) is 0 Å². The van der Waals surface area contributed by atoms with Gasteiger partial charge in [0.05, 0.1) is 0 Å². The van der Waals surface area contributed by atoms with E-state index in [0.717, 1.165) is 26.1 Å². The van der Waals surface area contributed by atoms with Crippen molar-refractivity contribution in [2.24, 2.45) is 0 Å². The molecule has 0 atom stereocenters. The largest absolute Gasteiger partial charge is 0.295 e. The molecule has 4 aromatic carbocycles. The molecule has 0 amide bonds. The second-order valence-corrected chi connectivity index (χ2v) is 7.42. The van der Waals surface area contributed by atoms with Gasteiger partial charge in [0.1, 0.15) is 0 Å². The molecule has 0 radical (unpaired) electrons. The van der Waals surface area contributed by atoms with Gasteiger partial charge >= 0.3 is 0 Å². The van der Waals surface area contributed by atoms with Gasteiger partial charge in [0.15, 0.2) is 0 Å². The Hall–Kier alpha value is -3.16. The highest BCUT2D eigenvalue weighted by Crippen LogP contribution is 2.09. The Kier molecular flexibility index (Phi) is 8.91. The van der Waals surface area contributed by atoms with Gasteiger partial charge in [0.2, 0.25) is 0 Å². The van der Waals surface area contributed by atoms with Gasteiger partial charge in [0, 0.05) is 13.1 Å². The minimum Gasteiger partial charge on any atom is -0.295 e. The smallest absolute Gasteiger partial charge is 0.0237 e. The van der Waals surface area contributed by atoms with E-state index < -0.39 is 0 Å². The van der Waals surface area contributed by atoms with E-state index in [2.05, 4.69) is 133 Å². The van der Waals surface area contributed by atoms with Crippen molar-refractivity contribution in [2.45, 2.75) is 26.4 Å². The van der Waals surface area contributed by atoms with Crippen molar-refractivity contribution in [1.82, 2.24) is 4.90 Å². The Morgan fingerprint density at radius 1 is 0.433 bits per heavy atom. The molecule has 30 heavy (non-hydrogen) atoms. The third-order valence-electron chi connectivity index (χ3n) is 5.04. The van der Waals surface area contributed by atoms with Crippen molar-refractivity contribution >= 4 is 0 Å². The van der Waals surface area contributed by atoms with Crippen LogP contribution < -0.4 is 0 Å². The van der Waals surface area contributed by atoms with Gasteiger partial charge in [-0.15, -0.1) is 0 Å². The lowest BCUT2D eigenvalue weighted by molar-refractivity contribution is 0.271. The van der Waals surface area contributed by atoms with Gasteiger partial charge in [-0.25, -0.2) is 0 Å². The Morgan fingerprint density at radius 3 is 1.03 bits per heavy atom. The lowest BCUT2D eigenvalue weighted by Gasteiger charge is -2.20. The standard InChI is InChI=1S/C16H19N.C13H12/c1-2-17(13-15-9-5-3-6-10-15)14-16-11-7-4-8-12-16;1-3-7-12(8-4-1)11-13-9-5-2-6-10-13/h3-12H,2,13-14H2,1H3;1-10H,11H2. The minimum absolute atomic E-state index is 1.02. The maximum atomic E-state index is 2.45. The Labute approximate surface area is 181 Å². The van der Waals surface area contributed by atoms with Crippen LogP contribution in [0.3, 0.4) is 0 Å². The van der Waals surface area contributed by atoms with Crippen LogP contribution in [0, 0.1) is 0 Å². The van der Waals surface area contributed by atoms with E-state index in [-0.39, 0.29) is 0 Å². The molecule has 0 bridgehead atoms. The lowest BCUT2D eigenvalue weighted by Crippen LogP contribution is -2.22. The zero-order chi connectivity index (χ0) is 20.9. The average Bonchev–Trinajstić information content (AvgIpc) is 2.82. The van der Waals surface area contributed by atoms with Gasteiger partial charge in [-0.2, -0.15) is 0 Å². The van der Waals surface area contributed by atoms with E-state index in [1.165, 1.54) is 22.3 Å². The van der Waals surface area contributed by atoms with Gasteiger partial charge in [0.25, 0.3) is 0 Å². The van der Waals surface area contributed by atoms with E-state index >= 15 is 0 Å². The predicted molar refractivity (Wildman–Crippen MR) is 128 cm³/mol. The summed E-state index contributed by atoms with van der Waals surface area (Å²) < 4.78 is 0. The molecule has 0 N–H and O–H groups in total. The topological polar surface area (TPSA) is 3.24 Å². The third-order valence-corrected chi connectivity index (χ3v) is 5.04. The monoisotopic (exact) mass is 393 g/mol. The summed E-state index contributed by atoms with van der Waals surface area (Å²) in [6, 6.07) is 42.4. The Bertz CT molecular complexity index is 856. The molecule has 0 saturated heterocycles. The molecule has 1 heteroatoms. The molecule has 0 aliphatic rings. The molecule has 0 fully saturated rings. The van der Waals surface area contributed by atoms with Crippen molar-refractivity contribution in [3.8, 4) is 0 Å². The molecular weight excluding hydrogens is 362 g/mol. The first-order valence-electron chi connectivity index (χ1n) is 10.7. The first-order valence-corrected chi connectivity index (χ1v) is 10.7. The molecule has 4 rings (SSSR count). The third kappa shape index (κ3) is 7.69. The molecule has 4 aromatic rings. The lowest BCUT2D eigenvalue weighted by atomic mass is 10.1. The molecule has 0 heterocycles. The summed E-state index contributed by atoms with van der Waals surface area (Å²) in [6.07, 6.45) is 1.03. The highest BCUT2D eigenvalue weighted by Gasteiger charge is 2.04. The summed E-state index contributed by atoms with van der Waals surface area (Å²) >= 11 is 0. The average molecular weight is 394 g/mol. The fraction of sp³-hybridized carbons (Fsp3) is 0.172. The van der Waals surface area contributed by atoms with Crippen LogP contribution in [-0.2, 0) is 19.5 Å². The first kappa shape index (κ1) is 21.5.